The Balaban J connectivity index is 1.51. The number of fused-ring (bicyclic) bond motifs is 1. The summed E-state index contributed by atoms with van der Waals surface area (Å²) < 4.78 is 22.8. The highest BCUT2D eigenvalue weighted by molar-refractivity contribution is 5.92. The molecule has 0 saturated heterocycles. The third-order valence-electron chi connectivity index (χ3n) is 4.85. The summed E-state index contributed by atoms with van der Waals surface area (Å²) in [6.45, 7) is 3.69. The minimum atomic E-state index is -0.403. The summed E-state index contributed by atoms with van der Waals surface area (Å²) in [6.07, 6.45) is 0. The molecule has 4 aromatic rings. The van der Waals surface area contributed by atoms with Crippen molar-refractivity contribution in [2.45, 2.75) is 13.8 Å². The maximum atomic E-state index is 13.1. The molecule has 0 bridgehead atoms. The van der Waals surface area contributed by atoms with E-state index < -0.39 is 5.91 Å². The fourth-order valence-corrected chi connectivity index (χ4v) is 3.32. The van der Waals surface area contributed by atoms with E-state index in [0.717, 1.165) is 0 Å². The van der Waals surface area contributed by atoms with E-state index in [1.807, 2.05) is 13.0 Å². The minimum Gasteiger partial charge on any atom is -0.508 e. The first-order valence-corrected chi connectivity index (χ1v) is 10.6. The van der Waals surface area contributed by atoms with Crippen LogP contribution in [0.1, 0.15) is 12.7 Å². The molecule has 0 spiro atoms. The molecule has 0 fully saturated rings. The number of carbonyl (C=O) groups is 1. The van der Waals surface area contributed by atoms with Crippen LogP contribution in [0.5, 0.6) is 28.7 Å². The van der Waals surface area contributed by atoms with Gasteiger partial charge < -0.3 is 29.1 Å². The molecule has 0 atom stereocenters. The van der Waals surface area contributed by atoms with E-state index in [0.29, 0.717) is 46.3 Å². The van der Waals surface area contributed by atoms with E-state index in [4.69, 9.17) is 18.6 Å². The monoisotopic (exact) mass is 461 g/mol. The van der Waals surface area contributed by atoms with Crippen LogP contribution in [0.4, 0.5) is 5.69 Å². The number of hydrogen-bond acceptors (Lipinski definition) is 7. The Morgan fingerprint density at radius 3 is 2.56 bits per heavy atom. The van der Waals surface area contributed by atoms with Crippen LogP contribution in [0.25, 0.3) is 11.0 Å². The van der Waals surface area contributed by atoms with Crippen LogP contribution in [0.2, 0.25) is 0 Å². The van der Waals surface area contributed by atoms with Gasteiger partial charge in [0.2, 0.25) is 11.2 Å². The van der Waals surface area contributed by atoms with Gasteiger partial charge in [-0.15, -0.1) is 0 Å². The maximum Gasteiger partial charge on any atom is 0.262 e. The van der Waals surface area contributed by atoms with Gasteiger partial charge in [0.1, 0.15) is 22.8 Å². The Morgan fingerprint density at radius 2 is 1.79 bits per heavy atom. The first-order valence-electron chi connectivity index (χ1n) is 10.6. The van der Waals surface area contributed by atoms with Crippen LogP contribution < -0.4 is 25.0 Å². The molecule has 1 heterocycles. The smallest absolute Gasteiger partial charge is 0.262 e. The number of nitrogens with one attached hydrogen (secondary N) is 1. The molecule has 1 aromatic heterocycles. The van der Waals surface area contributed by atoms with Gasteiger partial charge >= 0.3 is 0 Å². The van der Waals surface area contributed by atoms with Crippen LogP contribution in [0, 0.1) is 6.92 Å². The number of phenolic OH excluding ortho intramolecular Hbond substituents is 1. The lowest BCUT2D eigenvalue weighted by atomic mass is 10.2. The van der Waals surface area contributed by atoms with Gasteiger partial charge in [0.25, 0.3) is 5.91 Å². The number of aromatic hydroxyl groups is 1. The maximum absolute atomic E-state index is 13.1. The minimum absolute atomic E-state index is 0.0448. The quantitative estimate of drug-likeness (QED) is 0.380. The number of rotatable bonds is 8. The Morgan fingerprint density at radius 1 is 1.00 bits per heavy atom. The van der Waals surface area contributed by atoms with Crippen molar-refractivity contribution in [1.82, 2.24) is 0 Å². The first kappa shape index (κ1) is 22.7. The molecule has 0 radical (unpaired) electrons. The van der Waals surface area contributed by atoms with Crippen molar-refractivity contribution in [2.24, 2.45) is 0 Å². The standard InChI is InChI=1S/C26H23NO7/c1-3-31-21-9-4-5-10-22(21)34-26-16(2)33-23-14-19(11-12-20(23)25(26)30)32-15-24(29)27-17-7-6-8-18(28)13-17/h4-14,28H,3,15H2,1-2H3,(H,27,29). The van der Waals surface area contributed by atoms with Crippen molar-refractivity contribution in [2.75, 3.05) is 18.5 Å². The van der Waals surface area contributed by atoms with Crippen molar-refractivity contribution in [3.05, 3.63) is 82.7 Å². The number of benzene rings is 3. The number of ether oxygens (including phenoxy) is 3. The number of phenols is 1. The van der Waals surface area contributed by atoms with Gasteiger partial charge in [0.15, 0.2) is 18.1 Å². The molecule has 0 aliphatic carbocycles. The highest BCUT2D eigenvalue weighted by Crippen LogP contribution is 2.33. The Hall–Kier alpha value is -4.46. The largest absolute Gasteiger partial charge is 0.508 e. The van der Waals surface area contributed by atoms with E-state index in [1.54, 1.807) is 55.5 Å². The van der Waals surface area contributed by atoms with Crippen LogP contribution >= 0.6 is 0 Å². The predicted molar refractivity (Wildman–Crippen MR) is 127 cm³/mol. The van der Waals surface area contributed by atoms with Crippen molar-refractivity contribution >= 4 is 22.6 Å². The summed E-state index contributed by atoms with van der Waals surface area (Å²) in [5, 5.41) is 12.4. The van der Waals surface area contributed by atoms with Crippen molar-refractivity contribution in [3.63, 3.8) is 0 Å². The van der Waals surface area contributed by atoms with Gasteiger partial charge in [-0.1, -0.05) is 18.2 Å². The predicted octanol–water partition coefficient (Wildman–Crippen LogP) is 5.02. The van der Waals surface area contributed by atoms with Crippen LogP contribution in [0.3, 0.4) is 0 Å². The Labute approximate surface area is 195 Å². The fourth-order valence-electron chi connectivity index (χ4n) is 3.32. The van der Waals surface area contributed by atoms with Crippen molar-refractivity contribution in [1.29, 1.82) is 0 Å². The number of carbonyl (C=O) groups excluding carboxylic acids is 1. The molecule has 174 valence electrons. The van der Waals surface area contributed by atoms with Gasteiger partial charge in [0, 0.05) is 17.8 Å². The fraction of sp³-hybridized carbons (Fsp3) is 0.154. The second-order valence-electron chi connectivity index (χ2n) is 7.34. The molecule has 3 aromatic carbocycles. The third kappa shape index (κ3) is 5.12. The molecule has 34 heavy (non-hydrogen) atoms. The zero-order valence-corrected chi connectivity index (χ0v) is 18.7. The van der Waals surface area contributed by atoms with E-state index >= 15 is 0 Å². The summed E-state index contributed by atoms with van der Waals surface area (Å²) in [6, 6.07) is 18.0. The molecule has 8 nitrogen and oxygen atoms in total. The van der Waals surface area contributed by atoms with Crippen molar-refractivity contribution < 1.29 is 28.5 Å². The lowest BCUT2D eigenvalue weighted by molar-refractivity contribution is -0.118. The average molecular weight is 461 g/mol. The topological polar surface area (TPSA) is 107 Å². The van der Waals surface area contributed by atoms with Crippen LogP contribution in [0.15, 0.2) is 75.9 Å². The van der Waals surface area contributed by atoms with E-state index in [9.17, 15) is 14.7 Å². The van der Waals surface area contributed by atoms with Gasteiger partial charge in [-0.05, 0) is 50.2 Å². The molecule has 0 unspecified atom stereocenters. The lowest BCUT2D eigenvalue weighted by Gasteiger charge is -2.13. The lowest BCUT2D eigenvalue weighted by Crippen LogP contribution is -2.20. The summed E-state index contributed by atoms with van der Waals surface area (Å²) in [7, 11) is 0. The first-order chi connectivity index (χ1) is 16.4. The van der Waals surface area contributed by atoms with Gasteiger partial charge in [-0.25, -0.2) is 0 Å². The molecule has 0 saturated carbocycles. The molecule has 4 rings (SSSR count). The second-order valence-corrected chi connectivity index (χ2v) is 7.34. The summed E-state index contributed by atoms with van der Waals surface area (Å²) in [5.74, 6) is 1.30. The molecule has 0 aliphatic heterocycles. The van der Waals surface area contributed by atoms with E-state index in [-0.39, 0.29) is 23.5 Å². The summed E-state index contributed by atoms with van der Waals surface area (Å²) >= 11 is 0. The van der Waals surface area contributed by atoms with E-state index in [2.05, 4.69) is 5.32 Å². The third-order valence-corrected chi connectivity index (χ3v) is 4.85. The number of hydrogen-bond donors (Lipinski definition) is 2. The van der Waals surface area contributed by atoms with Gasteiger partial charge in [-0.3, -0.25) is 9.59 Å². The molecule has 2 N–H and O–H groups in total. The summed E-state index contributed by atoms with van der Waals surface area (Å²) in [4.78, 5) is 25.2. The molecular formula is C26H23NO7. The number of amides is 1. The number of aryl methyl sites for hydroxylation is 1. The molecule has 0 aliphatic rings. The molecular weight excluding hydrogens is 438 g/mol. The zero-order chi connectivity index (χ0) is 24.1. The van der Waals surface area contributed by atoms with Gasteiger partial charge in [0.05, 0.1) is 12.0 Å². The van der Waals surface area contributed by atoms with Crippen LogP contribution in [-0.2, 0) is 4.79 Å². The highest BCUT2D eigenvalue weighted by atomic mass is 16.5. The van der Waals surface area contributed by atoms with Crippen LogP contribution in [-0.4, -0.2) is 24.2 Å². The molecule has 1 amide bonds. The van der Waals surface area contributed by atoms with Crippen molar-refractivity contribution in [3.8, 4) is 28.7 Å². The Bertz CT molecular complexity index is 1390. The zero-order valence-electron chi connectivity index (χ0n) is 18.7. The number of para-hydroxylation sites is 2. The molecule has 8 heteroatoms. The average Bonchev–Trinajstić information content (AvgIpc) is 2.81. The normalized spacial score (nSPS) is 10.6. The summed E-state index contributed by atoms with van der Waals surface area (Å²) in [5.41, 5.74) is 0.421. The second kappa shape index (κ2) is 9.99. The van der Waals surface area contributed by atoms with E-state index in [1.165, 1.54) is 12.1 Å². The SMILES string of the molecule is CCOc1ccccc1Oc1c(C)oc2cc(OCC(=O)Nc3cccc(O)c3)ccc2c1=O. The number of anilines is 1. The Kier molecular flexibility index (Phi) is 6.68. The van der Waals surface area contributed by atoms with Gasteiger partial charge in [-0.2, -0.15) is 0 Å². The highest BCUT2D eigenvalue weighted by Gasteiger charge is 2.16.